The Balaban J connectivity index is 2.73. The van der Waals surface area contributed by atoms with Crippen molar-refractivity contribution in [3.63, 3.8) is 0 Å². The van der Waals surface area contributed by atoms with E-state index in [4.69, 9.17) is 5.41 Å². The summed E-state index contributed by atoms with van der Waals surface area (Å²) < 4.78 is 0. The number of thioether (sulfide) groups is 1. The molecule has 0 unspecified atom stereocenters. The lowest BCUT2D eigenvalue weighted by atomic mass is 10.3. The second-order valence-electron chi connectivity index (χ2n) is 2.90. The summed E-state index contributed by atoms with van der Waals surface area (Å²) in [6.07, 6.45) is 2.79. The number of hydrogen-bond donors (Lipinski definition) is 1. The van der Waals surface area contributed by atoms with E-state index in [0.29, 0.717) is 5.71 Å². The van der Waals surface area contributed by atoms with Crippen molar-refractivity contribution in [2.24, 2.45) is 0 Å². The second-order valence-corrected chi connectivity index (χ2v) is 4.02. The highest BCUT2D eigenvalue weighted by Gasteiger charge is 2.03. The summed E-state index contributed by atoms with van der Waals surface area (Å²) in [4.78, 5) is 2.25. The fraction of sp³-hybridized carbons (Fsp3) is 0.250. The third-order valence-electron chi connectivity index (χ3n) is 1.88. The molecule has 0 spiro atoms. The third kappa shape index (κ3) is 3.04. The average molecular weight is 205 g/mol. The molecule has 2 heteroatoms. The van der Waals surface area contributed by atoms with E-state index in [-0.39, 0.29) is 0 Å². The number of rotatable bonds is 4. The maximum absolute atomic E-state index is 7.75. The first-order chi connectivity index (χ1) is 6.77. The highest BCUT2D eigenvalue weighted by Crippen LogP contribution is 2.27. The van der Waals surface area contributed by atoms with Crippen LogP contribution in [0.1, 0.15) is 20.3 Å². The highest BCUT2D eigenvalue weighted by molar-refractivity contribution is 8.04. The van der Waals surface area contributed by atoms with Gasteiger partial charge in [0.2, 0.25) is 0 Å². The number of hydrogen-bond acceptors (Lipinski definition) is 2. The minimum atomic E-state index is 0.710. The lowest BCUT2D eigenvalue weighted by molar-refractivity contribution is 1.25. The Labute approximate surface area is 89.7 Å². The minimum absolute atomic E-state index is 0.710. The van der Waals surface area contributed by atoms with Crippen molar-refractivity contribution in [3.8, 4) is 0 Å². The van der Waals surface area contributed by atoms with Crippen LogP contribution in [0.25, 0.3) is 0 Å². The summed E-state index contributed by atoms with van der Waals surface area (Å²) in [5.41, 5.74) is 0.710. The molecule has 0 amide bonds. The van der Waals surface area contributed by atoms with Gasteiger partial charge in [0.25, 0.3) is 0 Å². The van der Waals surface area contributed by atoms with E-state index >= 15 is 0 Å². The first-order valence-corrected chi connectivity index (χ1v) is 5.56. The molecule has 0 radical (unpaired) electrons. The fourth-order valence-corrected chi connectivity index (χ4v) is 2.02. The molecule has 0 bridgehead atoms. The van der Waals surface area contributed by atoms with Crippen LogP contribution in [0.3, 0.4) is 0 Å². The van der Waals surface area contributed by atoms with E-state index in [1.807, 2.05) is 38.1 Å². The van der Waals surface area contributed by atoms with Gasteiger partial charge in [0.15, 0.2) is 0 Å². The van der Waals surface area contributed by atoms with E-state index in [1.54, 1.807) is 11.8 Å². The van der Waals surface area contributed by atoms with Crippen LogP contribution in [-0.4, -0.2) is 5.71 Å². The fourth-order valence-electron chi connectivity index (χ4n) is 1.08. The van der Waals surface area contributed by atoms with Crippen LogP contribution in [0, 0.1) is 5.41 Å². The van der Waals surface area contributed by atoms with Gasteiger partial charge in [0.05, 0.1) is 0 Å². The van der Waals surface area contributed by atoms with E-state index in [1.165, 1.54) is 4.90 Å². The van der Waals surface area contributed by atoms with Gasteiger partial charge in [-0.2, -0.15) is 0 Å². The molecule has 74 valence electrons. The van der Waals surface area contributed by atoms with Crippen molar-refractivity contribution in [2.75, 3.05) is 0 Å². The van der Waals surface area contributed by atoms with Gasteiger partial charge >= 0.3 is 0 Å². The van der Waals surface area contributed by atoms with E-state index < -0.39 is 0 Å². The second kappa shape index (κ2) is 5.66. The maximum atomic E-state index is 7.75. The molecule has 0 heterocycles. The first kappa shape index (κ1) is 11.1. The zero-order valence-electron chi connectivity index (χ0n) is 8.58. The number of allylic oxidation sites excluding steroid dienone is 2. The standard InChI is InChI=1S/C12H15NS/c1-3-11(13)12(4-2)14-10-8-6-5-7-9-10/h4-9,13H,3H2,1-2H3/b12-4+,13-11?. The zero-order chi connectivity index (χ0) is 10.4. The summed E-state index contributed by atoms with van der Waals surface area (Å²) in [5.74, 6) is 0. The van der Waals surface area contributed by atoms with Gasteiger partial charge in [-0.3, -0.25) is 0 Å². The largest absolute Gasteiger partial charge is 0.304 e. The van der Waals surface area contributed by atoms with Gasteiger partial charge in [0, 0.05) is 15.5 Å². The maximum Gasteiger partial charge on any atom is 0.0447 e. The van der Waals surface area contributed by atoms with Crippen LogP contribution < -0.4 is 0 Å². The summed E-state index contributed by atoms with van der Waals surface area (Å²) in [6.45, 7) is 3.99. The van der Waals surface area contributed by atoms with Crippen molar-refractivity contribution in [1.82, 2.24) is 0 Å². The number of benzene rings is 1. The van der Waals surface area contributed by atoms with Crippen LogP contribution in [0.2, 0.25) is 0 Å². The van der Waals surface area contributed by atoms with E-state index in [9.17, 15) is 0 Å². The van der Waals surface area contributed by atoms with E-state index in [0.717, 1.165) is 11.3 Å². The Hall–Kier alpha value is -1.02. The number of nitrogens with one attached hydrogen (secondary N) is 1. The molecule has 1 aromatic rings. The molecule has 0 saturated carbocycles. The summed E-state index contributed by atoms with van der Waals surface area (Å²) in [7, 11) is 0. The molecule has 1 rings (SSSR count). The minimum Gasteiger partial charge on any atom is -0.304 e. The molecule has 0 aliphatic carbocycles. The van der Waals surface area contributed by atoms with Gasteiger partial charge in [-0.1, -0.05) is 43.0 Å². The SMILES string of the molecule is C/C=C(/Sc1ccccc1)C(=N)CC. The van der Waals surface area contributed by atoms with Crippen LogP contribution in [-0.2, 0) is 0 Å². The van der Waals surface area contributed by atoms with Crippen molar-refractivity contribution < 1.29 is 0 Å². The summed E-state index contributed by atoms with van der Waals surface area (Å²) in [5, 5.41) is 7.75. The first-order valence-electron chi connectivity index (χ1n) is 4.75. The monoisotopic (exact) mass is 205 g/mol. The normalized spacial score (nSPS) is 11.4. The molecule has 14 heavy (non-hydrogen) atoms. The van der Waals surface area contributed by atoms with Gasteiger partial charge in [-0.15, -0.1) is 0 Å². The third-order valence-corrected chi connectivity index (χ3v) is 3.09. The molecule has 0 saturated heterocycles. The van der Waals surface area contributed by atoms with Crippen molar-refractivity contribution in [3.05, 3.63) is 41.3 Å². The van der Waals surface area contributed by atoms with Crippen LogP contribution in [0.4, 0.5) is 0 Å². The average Bonchev–Trinajstić information content (AvgIpc) is 2.26. The Kier molecular flexibility index (Phi) is 4.47. The Morgan fingerprint density at radius 2 is 2.00 bits per heavy atom. The molecule has 1 aromatic carbocycles. The lowest BCUT2D eigenvalue weighted by Gasteiger charge is -2.05. The summed E-state index contributed by atoms with van der Waals surface area (Å²) >= 11 is 1.66. The quantitative estimate of drug-likeness (QED) is 0.580. The Morgan fingerprint density at radius 3 is 2.50 bits per heavy atom. The van der Waals surface area contributed by atoms with Crippen LogP contribution in [0.15, 0.2) is 46.2 Å². The van der Waals surface area contributed by atoms with Crippen molar-refractivity contribution in [2.45, 2.75) is 25.2 Å². The van der Waals surface area contributed by atoms with Crippen LogP contribution >= 0.6 is 11.8 Å². The van der Waals surface area contributed by atoms with Gasteiger partial charge in [-0.25, -0.2) is 0 Å². The van der Waals surface area contributed by atoms with Crippen LogP contribution in [0.5, 0.6) is 0 Å². The molecule has 0 atom stereocenters. The molecule has 1 nitrogen and oxygen atoms in total. The molecule has 0 fully saturated rings. The van der Waals surface area contributed by atoms with Crippen molar-refractivity contribution >= 4 is 17.5 Å². The molecule has 0 aliphatic rings. The zero-order valence-corrected chi connectivity index (χ0v) is 9.40. The smallest absolute Gasteiger partial charge is 0.0447 e. The molecule has 1 N–H and O–H groups in total. The van der Waals surface area contributed by atoms with E-state index in [2.05, 4.69) is 12.1 Å². The van der Waals surface area contributed by atoms with Gasteiger partial charge in [0.1, 0.15) is 0 Å². The molecular weight excluding hydrogens is 190 g/mol. The van der Waals surface area contributed by atoms with Gasteiger partial charge < -0.3 is 5.41 Å². The Bertz CT molecular complexity index is 327. The molecule has 0 aromatic heterocycles. The summed E-state index contributed by atoms with van der Waals surface area (Å²) in [6, 6.07) is 10.2. The predicted molar refractivity (Wildman–Crippen MR) is 64.1 cm³/mol. The lowest BCUT2D eigenvalue weighted by Crippen LogP contribution is -1.94. The highest BCUT2D eigenvalue weighted by atomic mass is 32.2. The topological polar surface area (TPSA) is 23.9 Å². The molecule has 0 aliphatic heterocycles. The van der Waals surface area contributed by atoms with Gasteiger partial charge in [-0.05, 0) is 25.5 Å². The van der Waals surface area contributed by atoms with Crippen molar-refractivity contribution in [1.29, 1.82) is 5.41 Å². The molecular formula is C12H15NS. The Morgan fingerprint density at radius 1 is 1.36 bits per heavy atom. The predicted octanol–water partition coefficient (Wildman–Crippen LogP) is 4.11.